The summed E-state index contributed by atoms with van der Waals surface area (Å²) in [5.41, 5.74) is 0. The first kappa shape index (κ1) is 6.37. The van der Waals surface area contributed by atoms with E-state index in [-0.39, 0.29) is 0 Å². The molecular formula is C6H6BrCl. The largest absolute Gasteiger partial charge is 0.0879 e. The fourth-order valence-electron chi connectivity index (χ4n) is 0.607. The number of allylic oxidation sites excluding steroid dienone is 4. The normalized spacial score (nSPS) is 19.8. The molecule has 0 heterocycles. The summed E-state index contributed by atoms with van der Waals surface area (Å²) in [6.45, 7) is 0. The molecule has 0 radical (unpaired) electrons. The molecule has 0 saturated heterocycles. The summed E-state index contributed by atoms with van der Waals surface area (Å²) < 4.78 is 1.03. The molecule has 1 rings (SSSR count). The second-order valence-corrected chi connectivity index (χ2v) is 3.00. The number of rotatable bonds is 0. The summed E-state index contributed by atoms with van der Waals surface area (Å²) in [7, 11) is 0. The third-order valence-corrected chi connectivity index (χ3v) is 2.42. The number of halogens is 2. The van der Waals surface area contributed by atoms with Gasteiger partial charge in [0.1, 0.15) is 0 Å². The van der Waals surface area contributed by atoms with Gasteiger partial charge in [0.05, 0.1) is 0 Å². The fraction of sp³-hybridized carbons (Fsp3) is 0.333. The lowest BCUT2D eigenvalue weighted by atomic mass is 10.2. The van der Waals surface area contributed by atoms with Crippen molar-refractivity contribution < 1.29 is 0 Å². The van der Waals surface area contributed by atoms with Crippen LogP contribution in [0.25, 0.3) is 0 Å². The van der Waals surface area contributed by atoms with Crippen LogP contribution in [0, 0.1) is 0 Å². The summed E-state index contributed by atoms with van der Waals surface area (Å²) in [4.78, 5) is 0. The van der Waals surface area contributed by atoms with Crippen LogP contribution in [0.2, 0.25) is 0 Å². The van der Waals surface area contributed by atoms with Crippen molar-refractivity contribution in [2.75, 3.05) is 0 Å². The second kappa shape index (κ2) is 2.70. The van der Waals surface area contributed by atoms with Gasteiger partial charge in [-0.1, -0.05) is 23.8 Å². The van der Waals surface area contributed by atoms with E-state index in [4.69, 9.17) is 11.6 Å². The van der Waals surface area contributed by atoms with Gasteiger partial charge in [0.25, 0.3) is 0 Å². The highest BCUT2D eigenvalue weighted by Gasteiger charge is 2.00. The summed E-state index contributed by atoms with van der Waals surface area (Å²) in [5, 5.41) is 0.938. The molecule has 8 heavy (non-hydrogen) atoms. The van der Waals surface area contributed by atoms with Crippen LogP contribution in [0.4, 0.5) is 0 Å². The van der Waals surface area contributed by atoms with Gasteiger partial charge in [0.15, 0.2) is 0 Å². The van der Waals surface area contributed by atoms with Crippen LogP contribution < -0.4 is 0 Å². The van der Waals surface area contributed by atoms with Crippen LogP contribution in [-0.2, 0) is 0 Å². The Balaban J connectivity index is 2.76. The number of hydrogen-bond donors (Lipinski definition) is 0. The molecule has 1 aliphatic carbocycles. The minimum absolute atomic E-state index is 0.938. The highest BCUT2D eigenvalue weighted by molar-refractivity contribution is 9.12. The van der Waals surface area contributed by atoms with Gasteiger partial charge in [-0.05, 0) is 28.8 Å². The van der Waals surface area contributed by atoms with E-state index in [9.17, 15) is 0 Å². The van der Waals surface area contributed by atoms with Crippen molar-refractivity contribution >= 4 is 27.5 Å². The van der Waals surface area contributed by atoms with E-state index in [1.54, 1.807) is 0 Å². The van der Waals surface area contributed by atoms with Crippen molar-refractivity contribution in [2.45, 2.75) is 12.8 Å². The van der Waals surface area contributed by atoms with Gasteiger partial charge >= 0.3 is 0 Å². The summed E-state index contributed by atoms with van der Waals surface area (Å²) in [5.74, 6) is 0. The molecular weight excluding hydrogens is 187 g/mol. The Hall–Kier alpha value is 0.250. The lowest BCUT2D eigenvalue weighted by Crippen LogP contribution is -1.80. The molecule has 0 amide bonds. The molecule has 0 nitrogen and oxygen atoms in total. The van der Waals surface area contributed by atoms with E-state index in [1.807, 2.05) is 6.08 Å². The molecule has 0 aromatic carbocycles. The van der Waals surface area contributed by atoms with E-state index in [2.05, 4.69) is 22.0 Å². The van der Waals surface area contributed by atoms with Gasteiger partial charge in [-0.2, -0.15) is 0 Å². The zero-order valence-corrected chi connectivity index (χ0v) is 6.67. The van der Waals surface area contributed by atoms with E-state index >= 15 is 0 Å². The van der Waals surface area contributed by atoms with Gasteiger partial charge < -0.3 is 0 Å². The fourth-order valence-corrected chi connectivity index (χ4v) is 1.16. The van der Waals surface area contributed by atoms with Gasteiger partial charge in [0, 0.05) is 9.51 Å². The zero-order valence-electron chi connectivity index (χ0n) is 4.32. The Bertz CT molecular complexity index is 147. The highest BCUT2D eigenvalue weighted by Crippen LogP contribution is 2.25. The SMILES string of the molecule is ClC1=C(Br)C=CCC1. The van der Waals surface area contributed by atoms with E-state index in [1.165, 1.54) is 0 Å². The molecule has 44 valence electrons. The maximum atomic E-state index is 5.75. The number of hydrogen-bond acceptors (Lipinski definition) is 0. The van der Waals surface area contributed by atoms with E-state index in [0.717, 1.165) is 22.4 Å². The lowest BCUT2D eigenvalue weighted by Gasteiger charge is -2.02. The van der Waals surface area contributed by atoms with Crippen LogP contribution >= 0.6 is 27.5 Å². The van der Waals surface area contributed by atoms with Crippen LogP contribution in [-0.4, -0.2) is 0 Å². The van der Waals surface area contributed by atoms with Gasteiger partial charge in [-0.3, -0.25) is 0 Å². The smallest absolute Gasteiger partial charge is 0.0325 e. The second-order valence-electron chi connectivity index (χ2n) is 1.69. The molecule has 0 aromatic rings. The monoisotopic (exact) mass is 192 g/mol. The third-order valence-electron chi connectivity index (χ3n) is 1.05. The summed E-state index contributed by atoms with van der Waals surface area (Å²) in [6.07, 6.45) is 6.16. The van der Waals surface area contributed by atoms with Crippen molar-refractivity contribution in [3.05, 3.63) is 21.7 Å². The Kier molecular flexibility index (Phi) is 2.15. The maximum absolute atomic E-state index is 5.75. The van der Waals surface area contributed by atoms with Crippen molar-refractivity contribution in [3.63, 3.8) is 0 Å². The molecule has 0 spiro atoms. The minimum Gasteiger partial charge on any atom is -0.0879 e. The van der Waals surface area contributed by atoms with E-state index < -0.39 is 0 Å². The van der Waals surface area contributed by atoms with Crippen molar-refractivity contribution in [1.82, 2.24) is 0 Å². The zero-order chi connectivity index (χ0) is 5.98. The lowest BCUT2D eigenvalue weighted by molar-refractivity contribution is 1.01. The van der Waals surface area contributed by atoms with Crippen LogP contribution in [0.1, 0.15) is 12.8 Å². The molecule has 0 aromatic heterocycles. The molecule has 0 saturated carbocycles. The topological polar surface area (TPSA) is 0 Å². The average Bonchev–Trinajstić information content (AvgIpc) is 1.77. The average molecular weight is 193 g/mol. The predicted octanol–water partition coefficient (Wildman–Crippen LogP) is 3.18. The molecule has 0 fully saturated rings. The minimum atomic E-state index is 0.938. The highest BCUT2D eigenvalue weighted by atomic mass is 79.9. The van der Waals surface area contributed by atoms with Crippen molar-refractivity contribution in [1.29, 1.82) is 0 Å². The van der Waals surface area contributed by atoms with Crippen molar-refractivity contribution in [2.24, 2.45) is 0 Å². The van der Waals surface area contributed by atoms with Gasteiger partial charge in [-0.15, -0.1) is 0 Å². The summed E-state index contributed by atoms with van der Waals surface area (Å²) in [6, 6.07) is 0. The Labute approximate surface area is 62.3 Å². The Morgan fingerprint density at radius 3 is 2.75 bits per heavy atom. The molecule has 2 heteroatoms. The van der Waals surface area contributed by atoms with Crippen LogP contribution in [0.5, 0.6) is 0 Å². The van der Waals surface area contributed by atoms with Gasteiger partial charge in [0.2, 0.25) is 0 Å². The quantitative estimate of drug-likeness (QED) is 0.554. The third kappa shape index (κ3) is 1.36. The first-order chi connectivity index (χ1) is 3.80. The van der Waals surface area contributed by atoms with Crippen LogP contribution in [0.3, 0.4) is 0 Å². The van der Waals surface area contributed by atoms with Gasteiger partial charge in [-0.25, -0.2) is 0 Å². The molecule has 0 atom stereocenters. The molecule has 1 aliphatic rings. The molecule has 0 unspecified atom stereocenters. The Morgan fingerprint density at radius 2 is 2.38 bits per heavy atom. The first-order valence-electron chi connectivity index (χ1n) is 2.51. The van der Waals surface area contributed by atoms with Crippen molar-refractivity contribution in [3.8, 4) is 0 Å². The standard InChI is InChI=1S/C6H6BrCl/c7-5-3-1-2-4-6(5)8/h1,3H,2,4H2. The molecule has 0 bridgehead atoms. The van der Waals surface area contributed by atoms with Crippen LogP contribution in [0.15, 0.2) is 21.7 Å². The predicted molar refractivity (Wildman–Crippen MR) is 40.2 cm³/mol. The first-order valence-corrected chi connectivity index (χ1v) is 3.68. The molecule has 0 aliphatic heterocycles. The Morgan fingerprint density at radius 1 is 1.62 bits per heavy atom. The maximum Gasteiger partial charge on any atom is 0.0325 e. The molecule has 0 N–H and O–H groups in total. The van der Waals surface area contributed by atoms with E-state index in [0.29, 0.717) is 0 Å². The summed E-state index contributed by atoms with van der Waals surface area (Å²) >= 11 is 9.06.